The fraction of sp³-hybridized carbons (Fsp3) is 0.452. The van der Waals surface area contributed by atoms with E-state index in [4.69, 9.17) is 54.2 Å². The molecule has 8 atom stereocenters. The summed E-state index contributed by atoms with van der Waals surface area (Å²) in [4.78, 5) is 56.4. The molecule has 0 bridgehead atoms. The number of methoxy groups -OCH3 is 3. The van der Waals surface area contributed by atoms with E-state index in [1.807, 2.05) is 18.2 Å². The van der Waals surface area contributed by atoms with Gasteiger partial charge in [-0.2, -0.15) is 4.98 Å². The summed E-state index contributed by atoms with van der Waals surface area (Å²) in [7, 11) is 4.63. The number of anilines is 1. The molecule has 25 nitrogen and oxygen atoms in total. The van der Waals surface area contributed by atoms with Crippen molar-refractivity contribution < 1.29 is 68.6 Å². The number of aryl methyl sites for hydroxylation is 1. The Labute approximate surface area is 378 Å². The minimum Gasteiger partial charge on any atom is -0.493 e. The predicted molar refractivity (Wildman–Crippen MR) is 229 cm³/mol. The van der Waals surface area contributed by atoms with Gasteiger partial charge >= 0.3 is 5.97 Å². The summed E-state index contributed by atoms with van der Waals surface area (Å²) in [5.74, 6) is 0.834. The molecule has 2 saturated heterocycles. The summed E-state index contributed by atoms with van der Waals surface area (Å²) in [6.45, 7) is 0.198. The van der Waals surface area contributed by atoms with Gasteiger partial charge in [-0.15, -0.1) is 0 Å². The Bertz CT molecular complexity index is 2840. The number of hydrogen-bond acceptors (Lipinski definition) is 21. The number of ether oxygens (including phenoxy) is 7. The van der Waals surface area contributed by atoms with Crippen molar-refractivity contribution in [2.24, 2.45) is 17.8 Å². The van der Waals surface area contributed by atoms with Crippen molar-refractivity contribution in [2.75, 3.05) is 60.3 Å². The summed E-state index contributed by atoms with van der Waals surface area (Å²) in [5, 5.41) is 57.6. The molecule has 0 radical (unpaired) electrons. The van der Waals surface area contributed by atoms with Crippen LogP contribution in [0, 0.1) is 17.8 Å². The standard InChI is InChI=1S/C22H22O8.C10H15N5O3.C10H12N4O5/c1-25-16-4-10(5-17(26-2)21(16)27-3)18-11-6-14-15(30-9-29-14)7-12(11)20(23)13-8-28-22(24)19(13)18;11-10-13-8-7(9(18)14-10)12-5-15(8)2-1-6(3-16)4-17;15-1-4-6(16)7(17)10(19-4)14-3-13-5-8(14)11-2-12-9(5)18/h4-7,13,18-20,23H,8-9H2,1-3H3;5-6,16-17H,1-4H2,(H3,11,13,14,18);2-4,6-7,10,15-17H,1H2,(H,11,12,18)/t13-,18+,19-,20-;;4-,6-,7-,10-/m0.1/s1. The molecule has 3 aliphatic heterocycles. The number of aliphatic hydroxyl groups excluding tert-OH is 6. The molecule has 4 aromatic heterocycles. The van der Waals surface area contributed by atoms with Gasteiger partial charge in [-0.3, -0.25) is 23.9 Å². The van der Waals surface area contributed by atoms with E-state index in [1.165, 1.54) is 30.7 Å². The number of rotatable bonds is 11. The molecular weight excluding hydrogens is 887 g/mol. The smallest absolute Gasteiger partial charge is 0.310 e. The number of fused-ring (bicyclic) bond motifs is 5. The predicted octanol–water partition coefficient (Wildman–Crippen LogP) is -1.17. The largest absolute Gasteiger partial charge is 0.493 e. The van der Waals surface area contributed by atoms with Crippen LogP contribution in [0.3, 0.4) is 0 Å². The molecule has 2 aromatic carbocycles. The average molecular weight is 936 g/mol. The van der Waals surface area contributed by atoms with E-state index in [9.17, 15) is 29.7 Å². The van der Waals surface area contributed by atoms with Crippen molar-refractivity contribution in [3.8, 4) is 28.7 Å². The maximum absolute atomic E-state index is 12.7. The molecule has 0 unspecified atom stereocenters. The number of nitrogens with zero attached hydrogens (tertiary/aromatic N) is 6. The van der Waals surface area contributed by atoms with Crippen LogP contribution in [0.4, 0.5) is 5.95 Å². The van der Waals surface area contributed by atoms with Crippen LogP contribution < -0.4 is 40.5 Å². The normalized spacial score (nSPS) is 23.5. The maximum atomic E-state index is 12.7. The first kappa shape index (κ1) is 46.7. The first-order valence-corrected chi connectivity index (χ1v) is 20.9. The van der Waals surface area contributed by atoms with E-state index >= 15 is 0 Å². The number of nitrogens with two attached hydrogens (primary N) is 1. The number of aliphatic hydroxyl groups is 6. The molecule has 358 valence electrons. The number of imidazole rings is 2. The molecule has 7 heterocycles. The van der Waals surface area contributed by atoms with Gasteiger partial charge < -0.3 is 79.1 Å². The van der Waals surface area contributed by atoms with Crippen molar-refractivity contribution in [1.29, 1.82) is 0 Å². The number of esters is 1. The molecule has 6 aromatic rings. The zero-order chi connectivity index (χ0) is 47.7. The average Bonchev–Trinajstić information content (AvgIpc) is 4.19. The van der Waals surface area contributed by atoms with Crippen molar-refractivity contribution >= 4 is 34.2 Å². The first-order valence-electron chi connectivity index (χ1n) is 20.9. The minimum absolute atomic E-state index is 0.0371. The highest BCUT2D eigenvalue weighted by molar-refractivity contribution is 5.79. The lowest BCUT2D eigenvalue weighted by molar-refractivity contribution is -0.141. The lowest BCUT2D eigenvalue weighted by atomic mass is 9.66. The lowest BCUT2D eigenvalue weighted by Gasteiger charge is -2.37. The van der Waals surface area contributed by atoms with Crippen molar-refractivity contribution in [3.63, 3.8) is 0 Å². The van der Waals surface area contributed by atoms with Crippen molar-refractivity contribution in [3.05, 3.63) is 80.6 Å². The zero-order valence-corrected chi connectivity index (χ0v) is 36.2. The molecule has 10 rings (SSSR count). The van der Waals surface area contributed by atoms with Crippen LogP contribution in [0.15, 0.2) is 52.8 Å². The summed E-state index contributed by atoms with van der Waals surface area (Å²) in [6.07, 6.45) is -0.567. The van der Waals surface area contributed by atoms with Crippen molar-refractivity contribution in [1.82, 2.24) is 39.0 Å². The number of nitrogens with one attached hydrogen (secondary N) is 2. The topological polar surface area (TPSA) is 356 Å². The van der Waals surface area contributed by atoms with E-state index in [0.717, 1.165) is 11.1 Å². The molecule has 0 amide bonds. The van der Waals surface area contributed by atoms with Crippen LogP contribution in [0.25, 0.3) is 22.3 Å². The Hall–Kier alpha value is -6.87. The molecule has 0 saturated carbocycles. The third kappa shape index (κ3) is 8.68. The number of aromatic amines is 2. The third-order valence-electron chi connectivity index (χ3n) is 12.1. The maximum Gasteiger partial charge on any atom is 0.310 e. The summed E-state index contributed by atoms with van der Waals surface area (Å²) >= 11 is 0. The highest BCUT2D eigenvalue weighted by atomic mass is 16.7. The van der Waals surface area contributed by atoms with Crippen LogP contribution in [-0.2, 0) is 20.8 Å². The van der Waals surface area contributed by atoms with Crippen LogP contribution >= 0.6 is 0 Å². The molecule has 2 fully saturated rings. The van der Waals surface area contributed by atoms with E-state index in [1.54, 1.807) is 24.9 Å². The van der Waals surface area contributed by atoms with Gasteiger partial charge in [-0.25, -0.2) is 15.0 Å². The number of benzene rings is 2. The van der Waals surface area contributed by atoms with E-state index in [0.29, 0.717) is 52.9 Å². The number of nitrogen functional groups attached to an aromatic ring is 1. The van der Waals surface area contributed by atoms with E-state index in [2.05, 4.69) is 29.9 Å². The third-order valence-corrected chi connectivity index (χ3v) is 12.1. The minimum atomic E-state index is -1.24. The monoisotopic (exact) mass is 935 g/mol. The molecule has 10 N–H and O–H groups in total. The fourth-order valence-electron chi connectivity index (χ4n) is 8.67. The molecule has 0 spiro atoms. The Morgan fingerprint density at radius 2 is 1.51 bits per heavy atom. The van der Waals surface area contributed by atoms with Gasteiger partial charge in [-0.1, -0.05) is 0 Å². The van der Waals surface area contributed by atoms with Gasteiger partial charge in [0.15, 0.2) is 51.6 Å². The Morgan fingerprint density at radius 1 is 0.836 bits per heavy atom. The second-order valence-corrected chi connectivity index (χ2v) is 15.9. The number of aromatic nitrogens is 8. The number of H-pyrrole nitrogens is 2. The van der Waals surface area contributed by atoms with E-state index in [-0.39, 0.29) is 78.5 Å². The summed E-state index contributed by atoms with van der Waals surface area (Å²) < 4.78 is 41.3. The number of carbonyl (C=O) groups excluding carboxylic acids is 1. The summed E-state index contributed by atoms with van der Waals surface area (Å²) in [5.41, 5.74) is 7.97. The number of hydrogen-bond donors (Lipinski definition) is 9. The van der Waals surface area contributed by atoms with Gasteiger partial charge in [0.25, 0.3) is 11.1 Å². The van der Waals surface area contributed by atoms with Crippen molar-refractivity contribution in [2.45, 2.75) is 49.5 Å². The number of carbonyl (C=O) groups is 1. The molecular formula is C42H49N9O16. The van der Waals surface area contributed by atoms with Crippen LogP contribution in [-0.4, -0.2) is 149 Å². The molecule has 4 aliphatic rings. The fourth-order valence-corrected chi connectivity index (χ4v) is 8.67. The Kier molecular flexibility index (Phi) is 13.6. The highest BCUT2D eigenvalue weighted by Crippen LogP contribution is 2.55. The van der Waals surface area contributed by atoms with Gasteiger partial charge in [0.05, 0.1) is 65.5 Å². The second-order valence-electron chi connectivity index (χ2n) is 15.9. The molecule has 67 heavy (non-hydrogen) atoms. The first-order chi connectivity index (χ1) is 32.3. The van der Waals surface area contributed by atoms with Crippen LogP contribution in [0.5, 0.6) is 28.7 Å². The van der Waals surface area contributed by atoms with Gasteiger partial charge in [0.1, 0.15) is 18.3 Å². The zero-order valence-electron chi connectivity index (χ0n) is 36.2. The lowest BCUT2D eigenvalue weighted by Crippen LogP contribution is -2.34. The Morgan fingerprint density at radius 3 is 2.15 bits per heavy atom. The van der Waals surface area contributed by atoms with Crippen LogP contribution in [0.1, 0.15) is 41.4 Å². The second kappa shape index (κ2) is 19.5. The quantitative estimate of drug-likeness (QED) is 0.0691. The SMILES string of the molecule is COc1cc([C@@H]2c3cc4c(cc3[C@H](O)[C@H]3COC(=O)[C@H]23)OCO4)cc(OC)c1OC.Nc1nc2c(ncn2CCC(CO)CO)c(=O)[nH]1.O=c1[nH]cnc2c1ncn2[C@@H]1O[C@H](CO)[C@@H](O)[C@H]1O. The molecule has 1 aliphatic carbocycles. The highest BCUT2D eigenvalue weighted by Gasteiger charge is 2.52. The van der Waals surface area contributed by atoms with E-state index < -0.39 is 48.7 Å². The number of cyclic esters (lactones) is 1. The van der Waals surface area contributed by atoms with Gasteiger partial charge in [-0.05, 0) is 47.4 Å². The van der Waals surface area contributed by atoms with Gasteiger partial charge in [0, 0.05) is 37.5 Å². The molecule has 25 heteroatoms. The van der Waals surface area contributed by atoms with Gasteiger partial charge in [0.2, 0.25) is 18.5 Å². The summed E-state index contributed by atoms with van der Waals surface area (Å²) in [6, 6.07) is 7.31. The van der Waals surface area contributed by atoms with Crippen LogP contribution in [0.2, 0.25) is 0 Å². The Balaban J connectivity index is 0.000000143.